The van der Waals surface area contributed by atoms with Gasteiger partial charge in [-0.15, -0.1) is 0 Å². The first kappa shape index (κ1) is 15.6. The number of benzene rings is 1. The molecule has 110 valence electrons. The number of rotatable bonds is 4. The SMILES string of the molecule is CCOC(=O)C1CCN(Cc2c(Cl)cccc2Cl)CC1. The van der Waals surface area contributed by atoms with Gasteiger partial charge in [-0.05, 0) is 45.0 Å². The maximum atomic E-state index is 11.7. The third-order valence-corrected chi connectivity index (χ3v) is 4.36. The van der Waals surface area contributed by atoms with Gasteiger partial charge in [-0.2, -0.15) is 0 Å². The lowest BCUT2D eigenvalue weighted by atomic mass is 9.96. The van der Waals surface area contributed by atoms with Gasteiger partial charge in [-0.1, -0.05) is 29.3 Å². The molecule has 0 saturated carbocycles. The van der Waals surface area contributed by atoms with Crippen LogP contribution >= 0.6 is 23.2 Å². The fourth-order valence-electron chi connectivity index (χ4n) is 2.49. The summed E-state index contributed by atoms with van der Waals surface area (Å²) in [6.07, 6.45) is 1.67. The van der Waals surface area contributed by atoms with Crippen molar-refractivity contribution in [1.82, 2.24) is 4.90 Å². The standard InChI is InChI=1S/C15H19Cl2NO2/c1-2-20-15(19)11-6-8-18(9-7-11)10-12-13(16)4-3-5-14(12)17/h3-5,11H,2,6-10H2,1H3. The van der Waals surface area contributed by atoms with Crippen LogP contribution in [0.1, 0.15) is 25.3 Å². The molecular weight excluding hydrogens is 297 g/mol. The van der Waals surface area contributed by atoms with Gasteiger partial charge in [-0.3, -0.25) is 9.69 Å². The highest BCUT2D eigenvalue weighted by Crippen LogP contribution is 2.27. The van der Waals surface area contributed by atoms with Gasteiger partial charge in [-0.25, -0.2) is 0 Å². The van der Waals surface area contributed by atoms with Gasteiger partial charge in [0, 0.05) is 22.2 Å². The van der Waals surface area contributed by atoms with Crippen LogP contribution in [0, 0.1) is 5.92 Å². The molecule has 0 aromatic heterocycles. The first-order valence-electron chi connectivity index (χ1n) is 6.93. The topological polar surface area (TPSA) is 29.5 Å². The second-order valence-corrected chi connectivity index (χ2v) is 5.82. The fourth-order valence-corrected chi connectivity index (χ4v) is 3.01. The van der Waals surface area contributed by atoms with Crippen molar-refractivity contribution >= 4 is 29.2 Å². The molecule has 3 nitrogen and oxygen atoms in total. The zero-order valence-electron chi connectivity index (χ0n) is 11.6. The van der Waals surface area contributed by atoms with E-state index in [1.54, 1.807) is 0 Å². The minimum absolute atomic E-state index is 0.0351. The lowest BCUT2D eigenvalue weighted by Crippen LogP contribution is -2.36. The molecule has 1 aromatic carbocycles. The molecule has 0 unspecified atom stereocenters. The van der Waals surface area contributed by atoms with Gasteiger partial charge in [0.05, 0.1) is 12.5 Å². The van der Waals surface area contributed by atoms with Crippen molar-refractivity contribution in [2.24, 2.45) is 5.92 Å². The van der Waals surface area contributed by atoms with E-state index < -0.39 is 0 Å². The van der Waals surface area contributed by atoms with Crippen LogP contribution in [0.2, 0.25) is 10.0 Å². The fraction of sp³-hybridized carbons (Fsp3) is 0.533. The average Bonchev–Trinajstić information content (AvgIpc) is 2.44. The monoisotopic (exact) mass is 315 g/mol. The Morgan fingerprint density at radius 2 is 1.90 bits per heavy atom. The van der Waals surface area contributed by atoms with Gasteiger partial charge in [0.2, 0.25) is 0 Å². The Morgan fingerprint density at radius 3 is 2.45 bits per heavy atom. The third-order valence-electron chi connectivity index (χ3n) is 3.65. The molecular formula is C15H19Cl2NO2. The average molecular weight is 316 g/mol. The number of hydrogen-bond donors (Lipinski definition) is 0. The van der Waals surface area contributed by atoms with E-state index in [9.17, 15) is 4.79 Å². The van der Waals surface area contributed by atoms with E-state index in [2.05, 4.69) is 4.90 Å². The van der Waals surface area contributed by atoms with Crippen molar-refractivity contribution < 1.29 is 9.53 Å². The van der Waals surface area contributed by atoms with Gasteiger partial charge in [0.15, 0.2) is 0 Å². The van der Waals surface area contributed by atoms with Gasteiger partial charge in [0.25, 0.3) is 0 Å². The minimum atomic E-state index is -0.0667. The first-order chi connectivity index (χ1) is 9.61. The molecule has 0 N–H and O–H groups in total. The molecule has 20 heavy (non-hydrogen) atoms. The van der Waals surface area contributed by atoms with Crippen molar-refractivity contribution in [2.45, 2.75) is 26.3 Å². The Labute approximate surface area is 129 Å². The number of hydrogen-bond acceptors (Lipinski definition) is 3. The molecule has 1 heterocycles. The minimum Gasteiger partial charge on any atom is -0.466 e. The second-order valence-electron chi connectivity index (χ2n) is 5.00. The van der Waals surface area contributed by atoms with Crippen molar-refractivity contribution in [2.75, 3.05) is 19.7 Å². The summed E-state index contributed by atoms with van der Waals surface area (Å²) in [5.74, 6) is -0.0316. The molecule has 0 bridgehead atoms. The van der Waals surface area contributed by atoms with E-state index in [1.807, 2.05) is 25.1 Å². The molecule has 0 amide bonds. The van der Waals surface area contributed by atoms with E-state index in [-0.39, 0.29) is 11.9 Å². The van der Waals surface area contributed by atoms with E-state index in [4.69, 9.17) is 27.9 Å². The molecule has 5 heteroatoms. The summed E-state index contributed by atoms with van der Waals surface area (Å²) in [7, 11) is 0. The summed E-state index contributed by atoms with van der Waals surface area (Å²) in [6, 6.07) is 5.56. The number of carbonyl (C=O) groups excluding carboxylic acids is 1. The molecule has 1 aromatic rings. The van der Waals surface area contributed by atoms with Crippen LogP contribution in [0.15, 0.2) is 18.2 Å². The second kappa shape index (κ2) is 7.30. The molecule has 1 aliphatic heterocycles. The van der Waals surface area contributed by atoms with Gasteiger partial charge >= 0.3 is 5.97 Å². The Hall–Kier alpha value is -0.770. The summed E-state index contributed by atoms with van der Waals surface area (Å²) in [5.41, 5.74) is 0.963. The van der Waals surface area contributed by atoms with Crippen LogP contribution in [0.3, 0.4) is 0 Å². The smallest absolute Gasteiger partial charge is 0.309 e. The number of esters is 1. The molecule has 1 fully saturated rings. The predicted molar refractivity (Wildman–Crippen MR) is 81.1 cm³/mol. The number of ether oxygens (including phenoxy) is 1. The van der Waals surface area contributed by atoms with Crippen LogP contribution in [-0.2, 0) is 16.1 Å². The Morgan fingerprint density at radius 1 is 1.30 bits per heavy atom. The highest BCUT2D eigenvalue weighted by Gasteiger charge is 2.26. The largest absolute Gasteiger partial charge is 0.466 e. The molecule has 0 spiro atoms. The van der Waals surface area contributed by atoms with E-state index in [0.717, 1.165) is 38.0 Å². The molecule has 1 aliphatic rings. The van der Waals surface area contributed by atoms with Crippen molar-refractivity contribution in [3.8, 4) is 0 Å². The number of carbonyl (C=O) groups is 1. The van der Waals surface area contributed by atoms with Crippen molar-refractivity contribution in [3.05, 3.63) is 33.8 Å². The maximum absolute atomic E-state index is 11.7. The predicted octanol–water partition coefficient (Wildman–Crippen LogP) is 3.77. The first-order valence-corrected chi connectivity index (χ1v) is 7.69. The lowest BCUT2D eigenvalue weighted by Gasteiger charge is -2.31. The molecule has 1 saturated heterocycles. The molecule has 0 aliphatic carbocycles. The highest BCUT2D eigenvalue weighted by molar-refractivity contribution is 6.35. The van der Waals surface area contributed by atoms with Gasteiger partial charge < -0.3 is 4.74 Å². The summed E-state index contributed by atoms with van der Waals surface area (Å²) >= 11 is 12.4. The zero-order valence-corrected chi connectivity index (χ0v) is 13.1. The van der Waals surface area contributed by atoms with Crippen molar-refractivity contribution in [3.63, 3.8) is 0 Å². The Balaban J connectivity index is 1.90. The number of piperidine rings is 1. The summed E-state index contributed by atoms with van der Waals surface area (Å²) in [5, 5.41) is 1.40. The normalized spacial score (nSPS) is 17.1. The summed E-state index contributed by atoms with van der Waals surface area (Å²) in [6.45, 7) is 4.75. The van der Waals surface area contributed by atoms with E-state index >= 15 is 0 Å². The van der Waals surface area contributed by atoms with Crippen LogP contribution in [0.4, 0.5) is 0 Å². The number of likely N-dealkylation sites (tertiary alicyclic amines) is 1. The Bertz CT molecular complexity index is 451. The van der Waals surface area contributed by atoms with Crippen LogP contribution in [-0.4, -0.2) is 30.6 Å². The maximum Gasteiger partial charge on any atom is 0.309 e. The van der Waals surface area contributed by atoms with Crippen LogP contribution in [0.25, 0.3) is 0 Å². The van der Waals surface area contributed by atoms with Crippen LogP contribution < -0.4 is 0 Å². The molecule has 2 rings (SSSR count). The third kappa shape index (κ3) is 3.87. The summed E-state index contributed by atoms with van der Waals surface area (Å²) < 4.78 is 5.07. The quantitative estimate of drug-likeness (QED) is 0.792. The summed E-state index contributed by atoms with van der Waals surface area (Å²) in [4.78, 5) is 14.0. The zero-order chi connectivity index (χ0) is 14.5. The van der Waals surface area contributed by atoms with Crippen LogP contribution in [0.5, 0.6) is 0 Å². The number of halogens is 2. The van der Waals surface area contributed by atoms with E-state index in [1.165, 1.54) is 0 Å². The molecule has 0 atom stereocenters. The molecule has 0 radical (unpaired) electrons. The van der Waals surface area contributed by atoms with Crippen molar-refractivity contribution in [1.29, 1.82) is 0 Å². The highest BCUT2D eigenvalue weighted by atomic mass is 35.5. The van der Waals surface area contributed by atoms with E-state index in [0.29, 0.717) is 16.7 Å². The number of nitrogens with zero attached hydrogens (tertiary/aromatic N) is 1. The van der Waals surface area contributed by atoms with Gasteiger partial charge in [0.1, 0.15) is 0 Å². The lowest BCUT2D eigenvalue weighted by molar-refractivity contribution is -0.149. The Kier molecular flexibility index (Phi) is 5.70.